The molecule has 3 atom stereocenters. The van der Waals surface area contributed by atoms with Gasteiger partial charge in [-0.1, -0.05) is 0 Å². The molecule has 7 nitrogen and oxygen atoms in total. The third-order valence-corrected chi connectivity index (χ3v) is 3.04. The highest BCUT2D eigenvalue weighted by molar-refractivity contribution is 9.12. The van der Waals surface area contributed by atoms with E-state index in [0.717, 1.165) is 4.57 Å². The lowest BCUT2D eigenvalue weighted by molar-refractivity contribution is -0.0459. The molecular weight excluding hydrogens is 320 g/mol. The summed E-state index contributed by atoms with van der Waals surface area (Å²) in [6, 6.07) is 0. The van der Waals surface area contributed by atoms with Crippen molar-refractivity contribution >= 4 is 15.9 Å². The quantitative estimate of drug-likeness (QED) is 0.596. The van der Waals surface area contributed by atoms with E-state index in [9.17, 15) is 14.7 Å². The highest BCUT2D eigenvalue weighted by atomic mass is 79.9. The van der Waals surface area contributed by atoms with Crippen LogP contribution in [0.2, 0.25) is 0 Å². The Hall–Kier alpha value is -1.40. The van der Waals surface area contributed by atoms with Crippen molar-refractivity contribution in [2.75, 3.05) is 6.61 Å². The first-order chi connectivity index (χ1) is 9.06. The van der Waals surface area contributed by atoms with Crippen LogP contribution in [0.5, 0.6) is 0 Å². The summed E-state index contributed by atoms with van der Waals surface area (Å²) in [4.78, 5) is 27.7. The number of hydrogen-bond donors (Lipinski definition) is 3. The first-order valence-electron chi connectivity index (χ1n) is 5.48. The number of aliphatic hydroxyl groups is 2. The molecule has 0 amide bonds. The maximum atomic E-state index is 11.7. The van der Waals surface area contributed by atoms with E-state index in [1.54, 1.807) is 0 Å². The Morgan fingerprint density at radius 1 is 1.58 bits per heavy atom. The lowest BCUT2D eigenvalue weighted by atomic mass is 10.2. The van der Waals surface area contributed by atoms with E-state index >= 15 is 0 Å². The third-order valence-electron chi connectivity index (χ3n) is 2.84. The maximum absolute atomic E-state index is 11.7. The molecule has 0 radical (unpaired) electrons. The van der Waals surface area contributed by atoms with Gasteiger partial charge >= 0.3 is 5.69 Å². The average Bonchev–Trinajstić information content (AvgIpc) is 2.74. The van der Waals surface area contributed by atoms with Crippen LogP contribution in [0.1, 0.15) is 18.2 Å². The molecule has 1 aromatic rings. The summed E-state index contributed by atoms with van der Waals surface area (Å²) in [5, 5.41) is 18.6. The Morgan fingerprint density at radius 3 is 2.89 bits per heavy atom. The summed E-state index contributed by atoms with van der Waals surface area (Å²) >= 11 is 2.87. The van der Waals surface area contributed by atoms with Gasteiger partial charge in [-0.05, 0) is 10.8 Å². The molecule has 1 aliphatic heterocycles. The van der Waals surface area contributed by atoms with E-state index in [2.05, 4.69) is 31.7 Å². The lowest BCUT2D eigenvalue weighted by Crippen LogP contribution is -2.33. The minimum absolute atomic E-state index is 0.0991. The molecule has 1 aliphatic rings. The number of rotatable bonds is 2. The second-order valence-electron chi connectivity index (χ2n) is 4.04. The van der Waals surface area contributed by atoms with Gasteiger partial charge in [-0.3, -0.25) is 14.3 Å². The van der Waals surface area contributed by atoms with Crippen molar-refractivity contribution in [1.82, 2.24) is 9.55 Å². The van der Waals surface area contributed by atoms with Gasteiger partial charge in [0, 0.05) is 28.5 Å². The summed E-state index contributed by atoms with van der Waals surface area (Å²) < 4.78 is 6.49. The average molecular weight is 331 g/mol. The van der Waals surface area contributed by atoms with E-state index in [1.807, 2.05) is 0 Å². The predicted molar refractivity (Wildman–Crippen MR) is 68.7 cm³/mol. The van der Waals surface area contributed by atoms with Gasteiger partial charge in [-0.25, -0.2) is 4.79 Å². The number of aromatic nitrogens is 2. The topological polar surface area (TPSA) is 105 Å². The molecule has 3 N–H and O–H groups in total. The van der Waals surface area contributed by atoms with E-state index < -0.39 is 29.7 Å². The van der Waals surface area contributed by atoms with Crippen molar-refractivity contribution in [3.8, 4) is 10.8 Å². The summed E-state index contributed by atoms with van der Waals surface area (Å²) in [6.07, 6.45) is -0.924. The number of nitrogens with one attached hydrogen (secondary N) is 1. The molecule has 0 unspecified atom stereocenters. The SMILES string of the molecule is O=c1[nH]c(=O)n([C@H]2C[C@H](O)[C@@H](CO)O2)cc1C#CBr. The molecule has 102 valence electrons. The molecule has 0 spiro atoms. The second-order valence-corrected chi connectivity index (χ2v) is 4.44. The Kier molecular flexibility index (Phi) is 4.21. The van der Waals surface area contributed by atoms with Crippen molar-refractivity contribution in [1.29, 1.82) is 0 Å². The minimum Gasteiger partial charge on any atom is -0.394 e. The standard InChI is InChI=1S/C11H11BrN2O5/c12-2-1-6-4-14(11(18)13-10(6)17)9-3-7(16)8(5-15)19-9/h4,7-9,15-16H,3,5H2,(H,13,17,18)/t7-,8+,9+/m0/s1. The van der Waals surface area contributed by atoms with E-state index in [0.29, 0.717) is 0 Å². The molecule has 1 saturated heterocycles. The van der Waals surface area contributed by atoms with E-state index in [1.165, 1.54) is 6.20 Å². The molecule has 0 aliphatic carbocycles. The smallest absolute Gasteiger partial charge is 0.330 e. The van der Waals surface area contributed by atoms with Crippen LogP contribution in [-0.2, 0) is 4.74 Å². The molecule has 0 aromatic carbocycles. The van der Waals surface area contributed by atoms with Crippen LogP contribution in [0.15, 0.2) is 15.8 Å². The van der Waals surface area contributed by atoms with Crippen LogP contribution >= 0.6 is 15.9 Å². The maximum Gasteiger partial charge on any atom is 0.330 e. The fourth-order valence-corrected chi connectivity index (χ4v) is 2.10. The summed E-state index contributed by atoms with van der Waals surface area (Å²) in [7, 11) is 0. The van der Waals surface area contributed by atoms with E-state index in [4.69, 9.17) is 9.84 Å². The highest BCUT2D eigenvalue weighted by Crippen LogP contribution is 2.27. The molecule has 0 saturated carbocycles. The summed E-state index contributed by atoms with van der Waals surface area (Å²) in [5.41, 5.74) is -1.15. The van der Waals surface area contributed by atoms with Crippen LogP contribution in [0.25, 0.3) is 0 Å². The molecule has 19 heavy (non-hydrogen) atoms. The molecule has 2 rings (SSSR count). The van der Waals surface area contributed by atoms with Gasteiger partial charge in [0.2, 0.25) is 0 Å². The summed E-state index contributed by atoms with van der Waals surface area (Å²) in [5.74, 6) is 2.50. The van der Waals surface area contributed by atoms with Gasteiger partial charge in [0.05, 0.1) is 12.7 Å². The van der Waals surface area contributed by atoms with Gasteiger partial charge in [0.15, 0.2) is 0 Å². The molecule has 2 heterocycles. The molecule has 0 bridgehead atoms. The zero-order valence-corrected chi connectivity index (χ0v) is 11.3. The molecule has 1 fully saturated rings. The van der Waals surface area contributed by atoms with Crippen molar-refractivity contribution in [3.63, 3.8) is 0 Å². The third kappa shape index (κ3) is 2.79. The van der Waals surface area contributed by atoms with E-state index in [-0.39, 0.29) is 18.6 Å². The monoisotopic (exact) mass is 330 g/mol. The van der Waals surface area contributed by atoms with Crippen molar-refractivity contribution in [3.05, 3.63) is 32.6 Å². The zero-order valence-electron chi connectivity index (χ0n) is 9.67. The largest absolute Gasteiger partial charge is 0.394 e. The number of aromatic amines is 1. The number of hydrogen-bond acceptors (Lipinski definition) is 5. The van der Waals surface area contributed by atoms with Gasteiger partial charge in [-0.2, -0.15) is 0 Å². The van der Waals surface area contributed by atoms with Crippen LogP contribution in [0, 0.1) is 10.8 Å². The fourth-order valence-electron chi connectivity index (χ4n) is 1.89. The summed E-state index contributed by atoms with van der Waals surface area (Å²) in [6.45, 7) is -0.343. The Labute approximate surface area is 116 Å². The number of ether oxygens (including phenoxy) is 1. The number of halogens is 1. The number of nitrogens with zero attached hydrogens (tertiary/aromatic N) is 1. The van der Waals surface area contributed by atoms with Crippen molar-refractivity contribution in [2.24, 2.45) is 0 Å². The molecule has 1 aromatic heterocycles. The van der Waals surface area contributed by atoms with Gasteiger partial charge in [0.1, 0.15) is 17.9 Å². The molecule has 8 heteroatoms. The Balaban J connectivity index is 2.40. The van der Waals surface area contributed by atoms with Gasteiger partial charge in [-0.15, -0.1) is 0 Å². The number of aliphatic hydroxyl groups excluding tert-OH is 2. The fraction of sp³-hybridized carbons (Fsp3) is 0.455. The van der Waals surface area contributed by atoms with Crippen LogP contribution < -0.4 is 11.2 Å². The van der Waals surface area contributed by atoms with Crippen LogP contribution in [-0.4, -0.2) is 38.6 Å². The lowest BCUT2D eigenvalue weighted by Gasteiger charge is -2.14. The van der Waals surface area contributed by atoms with Crippen LogP contribution in [0.3, 0.4) is 0 Å². The predicted octanol–water partition coefficient (Wildman–Crippen LogP) is -1.12. The van der Waals surface area contributed by atoms with Crippen LogP contribution in [0.4, 0.5) is 0 Å². The van der Waals surface area contributed by atoms with Gasteiger partial charge in [0.25, 0.3) is 5.56 Å². The number of H-pyrrole nitrogens is 1. The minimum atomic E-state index is -0.862. The van der Waals surface area contributed by atoms with Crippen molar-refractivity contribution < 1.29 is 14.9 Å². The Morgan fingerprint density at radius 2 is 2.32 bits per heavy atom. The normalized spacial score (nSPS) is 25.9. The van der Waals surface area contributed by atoms with Gasteiger partial charge < -0.3 is 14.9 Å². The second kappa shape index (κ2) is 5.71. The zero-order chi connectivity index (χ0) is 14.0. The first-order valence-corrected chi connectivity index (χ1v) is 6.27. The van der Waals surface area contributed by atoms with Crippen molar-refractivity contribution in [2.45, 2.75) is 24.9 Å². The highest BCUT2D eigenvalue weighted by Gasteiger charge is 2.35. The molecular formula is C11H11BrN2O5. The first kappa shape index (κ1) is 14.0. The Bertz CT molecular complexity index is 641.